The second kappa shape index (κ2) is 6.21. The van der Waals surface area contributed by atoms with E-state index in [2.05, 4.69) is 10.1 Å². The van der Waals surface area contributed by atoms with Crippen molar-refractivity contribution in [3.8, 4) is 11.5 Å². The number of halogens is 1. The molecule has 0 unspecified atom stereocenters. The maximum absolute atomic E-state index is 12.2. The lowest BCUT2D eigenvalue weighted by Gasteiger charge is -2.00. The standard InChI is InChI=1S/C15H10ClN3O2S/c16-12-3-1-10(2-4-12)13(20)9-19-15(22)21-14(18-19)11-5-7-17-8-6-11/h1-8H,9H2. The van der Waals surface area contributed by atoms with Crippen molar-refractivity contribution in [3.05, 3.63) is 64.2 Å². The summed E-state index contributed by atoms with van der Waals surface area (Å²) < 4.78 is 6.79. The lowest BCUT2D eigenvalue weighted by atomic mass is 10.1. The third kappa shape index (κ3) is 3.13. The second-order valence-corrected chi connectivity index (χ2v) is 5.28. The normalized spacial score (nSPS) is 10.6. The molecule has 22 heavy (non-hydrogen) atoms. The largest absolute Gasteiger partial charge is 0.409 e. The lowest BCUT2D eigenvalue weighted by Crippen LogP contribution is -2.11. The number of hydrogen-bond acceptors (Lipinski definition) is 5. The fraction of sp³-hybridized carbons (Fsp3) is 0.0667. The second-order valence-electron chi connectivity index (χ2n) is 4.50. The minimum Gasteiger partial charge on any atom is -0.409 e. The van der Waals surface area contributed by atoms with Crippen LogP contribution < -0.4 is 0 Å². The van der Waals surface area contributed by atoms with Gasteiger partial charge in [0.25, 0.3) is 4.84 Å². The number of pyridine rings is 1. The number of rotatable bonds is 4. The first-order chi connectivity index (χ1) is 10.6. The zero-order chi connectivity index (χ0) is 15.5. The van der Waals surface area contributed by atoms with Gasteiger partial charge in [-0.15, -0.1) is 5.10 Å². The Bertz CT molecular complexity index is 856. The Labute approximate surface area is 136 Å². The minimum atomic E-state index is -0.123. The molecule has 0 spiro atoms. The molecule has 0 amide bonds. The first-order valence-electron chi connectivity index (χ1n) is 6.40. The summed E-state index contributed by atoms with van der Waals surface area (Å²) in [6.45, 7) is 0.00898. The van der Waals surface area contributed by atoms with Crippen molar-refractivity contribution in [1.29, 1.82) is 0 Å². The zero-order valence-electron chi connectivity index (χ0n) is 11.3. The van der Waals surface area contributed by atoms with E-state index in [0.29, 0.717) is 16.5 Å². The molecule has 0 radical (unpaired) electrons. The van der Waals surface area contributed by atoms with E-state index in [4.69, 9.17) is 28.2 Å². The van der Waals surface area contributed by atoms with Crippen LogP contribution in [0.1, 0.15) is 10.4 Å². The molecular formula is C15H10ClN3O2S. The molecule has 0 N–H and O–H groups in total. The van der Waals surface area contributed by atoms with Gasteiger partial charge in [0.2, 0.25) is 5.89 Å². The van der Waals surface area contributed by atoms with Gasteiger partial charge in [0.15, 0.2) is 5.78 Å². The van der Waals surface area contributed by atoms with Gasteiger partial charge in [-0.1, -0.05) is 11.6 Å². The van der Waals surface area contributed by atoms with E-state index in [1.165, 1.54) is 4.68 Å². The monoisotopic (exact) mass is 331 g/mol. The molecule has 110 valence electrons. The molecule has 1 aromatic carbocycles. The van der Waals surface area contributed by atoms with Gasteiger partial charge in [-0.2, -0.15) is 0 Å². The van der Waals surface area contributed by atoms with E-state index in [9.17, 15) is 4.79 Å². The summed E-state index contributed by atoms with van der Waals surface area (Å²) in [6.07, 6.45) is 3.26. The summed E-state index contributed by atoms with van der Waals surface area (Å²) >= 11 is 10.9. The Morgan fingerprint density at radius 2 is 1.86 bits per heavy atom. The van der Waals surface area contributed by atoms with E-state index in [1.54, 1.807) is 48.8 Å². The van der Waals surface area contributed by atoms with Gasteiger partial charge in [0.1, 0.15) is 6.54 Å². The van der Waals surface area contributed by atoms with Crippen LogP contribution in [0.4, 0.5) is 0 Å². The number of hydrogen-bond donors (Lipinski definition) is 0. The molecule has 7 heteroatoms. The molecule has 2 aromatic heterocycles. The molecule has 0 fully saturated rings. The molecule has 0 bridgehead atoms. The maximum Gasteiger partial charge on any atom is 0.287 e. The highest BCUT2D eigenvalue weighted by atomic mass is 35.5. The Morgan fingerprint density at radius 1 is 1.18 bits per heavy atom. The van der Waals surface area contributed by atoms with Gasteiger partial charge in [0, 0.05) is 28.5 Å². The molecular weight excluding hydrogens is 322 g/mol. The Kier molecular flexibility index (Phi) is 4.13. The van der Waals surface area contributed by atoms with E-state index in [-0.39, 0.29) is 17.2 Å². The number of carbonyl (C=O) groups is 1. The average molecular weight is 332 g/mol. The third-order valence-corrected chi connectivity index (χ3v) is 3.54. The molecule has 0 aliphatic heterocycles. The fourth-order valence-electron chi connectivity index (χ4n) is 1.88. The van der Waals surface area contributed by atoms with Gasteiger partial charge in [-0.3, -0.25) is 9.78 Å². The average Bonchev–Trinajstić information content (AvgIpc) is 2.90. The predicted molar refractivity (Wildman–Crippen MR) is 84.3 cm³/mol. The number of carbonyl (C=O) groups excluding carboxylic acids is 1. The third-order valence-electron chi connectivity index (χ3n) is 2.99. The SMILES string of the molecule is O=C(Cn1nc(-c2ccncc2)oc1=S)c1ccc(Cl)cc1. The van der Waals surface area contributed by atoms with E-state index in [0.717, 1.165) is 5.56 Å². The van der Waals surface area contributed by atoms with Gasteiger partial charge in [0.05, 0.1) is 0 Å². The highest BCUT2D eigenvalue weighted by Gasteiger charge is 2.12. The molecule has 0 aliphatic carbocycles. The number of benzene rings is 1. The highest BCUT2D eigenvalue weighted by molar-refractivity contribution is 7.71. The topological polar surface area (TPSA) is 60.9 Å². The summed E-state index contributed by atoms with van der Waals surface area (Å²) in [5.74, 6) is 0.235. The molecule has 2 heterocycles. The Hall–Kier alpha value is -2.31. The summed E-state index contributed by atoms with van der Waals surface area (Å²) in [7, 11) is 0. The molecule has 0 atom stereocenters. The van der Waals surface area contributed by atoms with Crippen molar-refractivity contribution in [3.63, 3.8) is 0 Å². The molecule has 0 saturated heterocycles. The van der Waals surface area contributed by atoms with Crippen molar-refractivity contribution in [2.75, 3.05) is 0 Å². The molecule has 3 rings (SSSR count). The quantitative estimate of drug-likeness (QED) is 0.537. The van der Waals surface area contributed by atoms with Crippen LogP contribution in [0.25, 0.3) is 11.5 Å². The smallest absolute Gasteiger partial charge is 0.287 e. The molecule has 3 aromatic rings. The van der Waals surface area contributed by atoms with Crippen molar-refractivity contribution in [1.82, 2.24) is 14.8 Å². The van der Waals surface area contributed by atoms with Gasteiger partial charge < -0.3 is 4.42 Å². The van der Waals surface area contributed by atoms with E-state index in [1.807, 2.05) is 0 Å². The van der Waals surface area contributed by atoms with Crippen molar-refractivity contribution in [2.45, 2.75) is 6.54 Å². The van der Waals surface area contributed by atoms with Gasteiger partial charge in [-0.25, -0.2) is 4.68 Å². The number of Topliss-reactive ketones (excluding diaryl/α,β-unsaturated/α-hetero) is 1. The Balaban J connectivity index is 1.84. The van der Waals surface area contributed by atoms with Crippen LogP contribution in [0.3, 0.4) is 0 Å². The van der Waals surface area contributed by atoms with E-state index < -0.39 is 0 Å². The van der Waals surface area contributed by atoms with Crippen LogP contribution in [0, 0.1) is 4.84 Å². The van der Waals surface area contributed by atoms with Crippen LogP contribution in [0.2, 0.25) is 5.02 Å². The summed E-state index contributed by atoms with van der Waals surface area (Å²) in [6, 6.07) is 10.2. The number of nitrogens with zero attached hydrogens (tertiary/aromatic N) is 3. The summed E-state index contributed by atoms with van der Waals surface area (Å²) in [5, 5.41) is 4.81. The van der Waals surface area contributed by atoms with Gasteiger partial charge in [-0.05, 0) is 48.6 Å². The predicted octanol–water partition coefficient (Wildman–Crippen LogP) is 3.80. The highest BCUT2D eigenvalue weighted by Crippen LogP contribution is 2.17. The molecule has 0 aliphatic rings. The van der Waals surface area contributed by atoms with Crippen LogP contribution in [0.5, 0.6) is 0 Å². The maximum atomic E-state index is 12.2. The van der Waals surface area contributed by atoms with Crippen LogP contribution in [-0.4, -0.2) is 20.5 Å². The van der Waals surface area contributed by atoms with Crippen molar-refractivity contribution >= 4 is 29.6 Å². The van der Waals surface area contributed by atoms with E-state index >= 15 is 0 Å². The first-order valence-corrected chi connectivity index (χ1v) is 7.19. The lowest BCUT2D eigenvalue weighted by molar-refractivity contribution is 0.0966. The van der Waals surface area contributed by atoms with Crippen molar-refractivity contribution < 1.29 is 9.21 Å². The zero-order valence-corrected chi connectivity index (χ0v) is 12.8. The molecule has 0 saturated carbocycles. The molecule has 5 nitrogen and oxygen atoms in total. The van der Waals surface area contributed by atoms with Crippen molar-refractivity contribution in [2.24, 2.45) is 0 Å². The van der Waals surface area contributed by atoms with Crippen LogP contribution in [0.15, 0.2) is 53.2 Å². The minimum absolute atomic E-state index is 0.00898. The summed E-state index contributed by atoms with van der Waals surface area (Å²) in [4.78, 5) is 16.3. The van der Waals surface area contributed by atoms with Crippen LogP contribution in [-0.2, 0) is 6.54 Å². The summed E-state index contributed by atoms with van der Waals surface area (Å²) in [5.41, 5.74) is 1.29. The Morgan fingerprint density at radius 3 is 2.55 bits per heavy atom. The fourth-order valence-corrected chi connectivity index (χ4v) is 2.19. The first kappa shape index (κ1) is 14.6. The number of ketones is 1. The van der Waals surface area contributed by atoms with Gasteiger partial charge >= 0.3 is 0 Å². The number of aromatic nitrogens is 3. The van der Waals surface area contributed by atoms with Crippen LogP contribution >= 0.6 is 23.8 Å².